The Balaban J connectivity index is 4.69. The van der Waals surface area contributed by atoms with Crippen LogP contribution in [-0.4, -0.2) is 18.2 Å². The van der Waals surface area contributed by atoms with Crippen LogP contribution in [0.3, 0.4) is 0 Å². The van der Waals surface area contributed by atoms with Crippen molar-refractivity contribution in [2.75, 3.05) is 0 Å². The molecular weight excluding hydrogens is 325 g/mol. The van der Waals surface area contributed by atoms with Gasteiger partial charge in [-0.1, -0.05) is 9.39 Å². The van der Waals surface area contributed by atoms with E-state index in [-0.39, 0.29) is 0 Å². The highest BCUT2D eigenvalue weighted by atomic mass is 31.2. The summed E-state index contributed by atoms with van der Waals surface area (Å²) < 4.78 is 99.9. The summed E-state index contributed by atoms with van der Waals surface area (Å²) in [5, 5.41) is 0. The van der Waals surface area contributed by atoms with Crippen LogP contribution in [0, 0.1) is 0 Å². The van der Waals surface area contributed by atoms with Crippen molar-refractivity contribution in [3.05, 3.63) is 0 Å². The van der Waals surface area contributed by atoms with Crippen molar-refractivity contribution in [1.29, 1.82) is 0 Å². The van der Waals surface area contributed by atoms with Gasteiger partial charge in [0.05, 0.1) is 0 Å². The summed E-state index contributed by atoms with van der Waals surface area (Å²) >= 11 is 0. The molecule has 2 unspecified atom stereocenters. The predicted octanol–water partition coefficient (Wildman–Crippen LogP) is 4.41. The van der Waals surface area contributed by atoms with E-state index >= 15 is 0 Å². The van der Waals surface area contributed by atoms with Crippen LogP contribution in [0.1, 0.15) is 0 Å². The first-order valence-electron chi connectivity index (χ1n) is 3.28. The van der Waals surface area contributed by atoms with Gasteiger partial charge in [-0.15, -0.1) is 13.2 Å². The molecule has 0 aromatic rings. The third kappa shape index (κ3) is 6.72. The van der Waals surface area contributed by atoms with Crippen molar-refractivity contribution in [2.24, 2.45) is 4.52 Å². The van der Waals surface area contributed by atoms with Crippen molar-refractivity contribution in [2.45, 2.75) is 18.2 Å². The monoisotopic (exact) mass is 328 g/mol. The second kappa shape index (κ2) is 5.97. The van der Waals surface area contributed by atoms with Crippen LogP contribution in [-0.2, 0) is 4.52 Å². The van der Waals surface area contributed by atoms with Gasteiger partial charge in [0.2, 0.25) is 8.45 Å². The molecule has 0 heterocycles. The average Bonchev–Trinajstić information content (AvgIpc) is 2.08. The average molecular weight is 328 g/mol. The molecule has 0 radical (unpaired) electrons. The highest BCUT2D eigenvalue weighted by Gasteiger charge is 2.57. The summed E-state index contributed by atoms with van der Waals surface area (Å²) in [5.41, 5.74) is -5.23. The molecule has 0 aliphatic carbocycles. The van der Waals surface area contributed by atoms with E-state index in [1.54, 1.807) is 4.86 Å². The van der Waals surface area contributed by atoms with Gasteiger partial charge in [0, 0.05) is 0 Å². The molecule has 0 aromatic heterocycles. The Morgan fingerprint density at radius 2 is 1.53 bits per heavy atom. The molecule has 0 rings (SSSR count). The molecule has 0 aliphatic rings. The summed E-state index contributed by atoms with van der Waals surface area (Å²) in [5.74, 6) is 0. The van der Waals surface area contributed by atoms with Crippen LogP contribution < -0.4 is 4.86 Å². The smallest absolute Gasteiger partial charge is 0.238 e. The number of nitrogens with zero attached hydrogens (tertiary/aromatic N) is 1. The van der Waals surface area contributed by atoms with Gasteiger partial charge < -0.3 is 0 Å². The van der Waals surface area contributed by atoms with Gasteiger partial charge in [-0.3, -0.25) is 0 Å². The van der Waals surface area contributed by atoms with E-state index in [9.17, 15) is 35.1 Å². The van der Waals surface area contributed by atoms with E-state index in [0.717, 1.165) is 0 Å². The molecule has 0 saturated carbocycles. The molecule has 3 nitrogen and oxygen atoms in total. The van der Waals surface area contributed by atoms with Gasteiger partial charge >= 0.3 is 18.2 Å². The van der Waals surface area contributed by atoms with Gasteiger partial charge in [-0.2, -0.15) is 26.5 Å². The molecule has 0 aromatic carbocycles. The zero-order chi connectivity index (χ0) is 13.9. The Labute approximate surface area is 94.4 Å². The van der Waals surface area contributed by atoms with Crippen molar-refractivity contribution in [1.82, 2.24) is 4.86 Å². The molecule has 0 spiro atoms. The number of alkyl halides is 8. The lowest BCUT2D eigenvalue weighted by molar-refractivity contribution is -0.271. The minimum absolute atomic E-state index is 1.47. The highest BCUT2D eigenvalue weighted by Crippen LogP contribution is 2.51. The number of rotatable bonds is 4. The highest BCUT2D eigenvalue weighted by molar-refractivity contribution is 7.59. The fourth-order valence-electron chi connectivity index (χ4n) is 0.322. The number of halogens is 8. The third-order valence-electron chi connectivity index (χ3n) is 0.893. The normalized spacial score (nSPS) is 16.5. The van der Waals surface area contributed by atoms with Gasteiger partial charge in [0.1, 0.15) is 8.37 Å². The molecule has 14 heteroatoms. The van der Waals surface area contributed by atoms with Crippen LogP contribution >= 0.6 is 26.2 Å². The minimum atomic E-state index is -5.89. The maximum Gasteiger partial charge on any atom is 0.528 e. The molecule has 1 N–H and O–H groups in total. The van der Waals surface area contributed by atoms with E-state index in [0.29, 0.717) is 0 Å². The quantitative estimate of drug-likeness (QED) is 0.612. The summed E-state index contributed by atoms with van der Waals surface area (Å²) in [6.45, 7) is 0. The zero-order valence-electron chi connectivity index (χ0n) is 7.35. The summed E-state index contributed by atoms with van der Waals surface area (Å²) in [6, 6.07) is 0. The largest absolute Gasteiger partial charge is 0.528 e. The number of hydrogen-bond donors (Lipinski definition) is 1. The number of nitrogens with one attached hydrogen (secondary N) is 1. The minimum Gasteiger partial charge on any atom is -0.238 e. The summed E-state index contributed by atoms with van der Waals surface area (Å²) in [4.78, 5) is 1.65. The number of hydrogen-bond acceptors (Lipinski definition) is 3. The van der Waals surface area contributed by atoms with Crippen molar-refractivity contribution in [3.63, 3.8) is 0 Å². The van der Waals surface area contributed by atoms with Crippen molar-refractivity contribution in [3.8, 4) is 0 Å². The van der Waals surface area contributed by atoms with E-state index in [2.05, 4.69) is 9.04 Å². The van der Waals surface area contributed by atoms with Gasteiger partial charge in [-0.25, -0.2) is 9.38 Å². The standard InChI is InChI=1S/C3H3F8N2OP3/c4-1(5,6)2(7,8)16-13-17(12-15)14-3(9,10)11/h12H,15H2. The lowest BCUT2D eigenvalue weighted by atomic mass is 10.7. The summed E-state index contributed by atoms with van der Waals surface area (Å²) in [7, 11) is -3.45. The predicted molar refractivity (Wildman–Crippen MR) is 47.3 cm³/mol. The lowest BCUT2D eigenvalue weighted by Gasteiger charge is -2.16. The molecule has 0 bridgehead atoms. The van der Waals surface area contributed by atoms with Crippen LogP contribution in [0.2, 0.25) is 0 Å². The molecule has 17 heavy (non-hydrogen) atoms. The van der Waals surface area contributed by atoms with Crippen LogP contribution in [0.25, 0.3) is 0 Å². The third-order valence-corrected chi connectivity index (χ3v) is 3.67. The van der Waals surface area contributed by atoms with Gasteiger partial charge in [0.15, 0.2) is 0 Å². The molecule has 0 fully saturated rings. The Morgan fingerprint density at radius 3 is 1.82 bits per heavy atom. The zero-order valence-corrected chi connectivity index (χ0v) is 10.3. The molecule has 0 amide bonds. The fraction of sp³-hybridized carbons (Fsp3) is 1.00. The van der Waals surface area contributed by atoms with Gasteiger partial charge in [0.25, 0.3) is 0 Å². The maximum atomic E-state index is 12.3. The fourth-order valence-corrected chi connectivity index (χ4v) is 2.43. The van der Waals surface area contributed by atoms with Crippen LogP contribution in [0.5, 0.6) is 0 Å². The molecule has 0 saturated heterocycles. The lowest BCUT2D eigenvalue weighted by Crippen LogP contribution is -2.30. The van der Waals surface area contributed by atoms with Crippen molar-refractivity contribution >= 4 is 26.2 Å². The Morgan fingerprint density at radius 1 is 1.06 bits per heavy atom. The first kappa shape index (κ1) is 17.3. The second-order valence-electron chi connectivity index (χ2n) is 2.17. The SMILES string of the molecule is FC(F)(F)OP(N=PC(F)(F)C(F)(F)F)NP. The maximum absolute atomic E-state index is 12.3. The van der Waals surface area contributed by atoms with E-state index in [4.69, 9.17) is 0 Å². The molecule has 102 valence electrons. The van der Waals surface area contributed by atoms with E-state index < -0.39 is 35.0 Å². The molecule has 0 aliphatic heterocycles. The van der Waals surface area contributed by atoms with Crippen LogP contribution in [0.15, 0.2) is 4.52 Å². The Bertz CT molecular complexity index is 276. The topological polar surface area (TPSA) is 33.6 Å². The molecule has 2 atom stereocenters. The first-order valence-corrected chi connectivity index (χ1v) is 5.92. The summed E-state index contributed by atoms with van der Waals surface area (Å²) in [6.07, 6.45) is -11.1. The Kier molecular flexibility index (Phi) is 6.09. The van der Waals surface area contributed by atoms with Gasteiger partial charge in [-0.05, 0) is 0 Å². The van der Waals surface area contributed by atoms with E-state index in [1.807, 2.05) is 0 Å². The van der Waals surface area contributed by atoms with Crippen LogP contribution in [0.4, 0.5) is 35.1 Å². The molecular formula is C3H3F8N2OP3. The first-order chi connectivity index (χ1) is 7.39. The second-order valence-corrected chi connectivity index (χ2v) is 5.41. The van der Waals surface area contributed by atoms with Crippen molar-refractivity contribution < 1.29 is 39.6 Å². The Hall–Kier alpha value is 0.320. The van der Waals surface area contributed by atoms with E-state index in [1.165, 1.54) is 9.39 Å².